The maximum Gasteiger partial charge on any atom is 0.251 e. The first-order valence-corrected chi connectivity index (χ1v) is 14.7. The third kappa shape index (κ3) is 7.31. The molecule has 2 aliphatic rings. The minimum atomic E-state index is -0.203. The van der Waals surface area contributed by atoms with Gasteiger partial charge >= 0.3 is 0 Å². The Morgan fingerprint density at radius 3 is 2.32 bits per heavy atom. The quantitative estimate of drug-likeness (QED) is 0.349. The van der Waals surface area contributed by atoms with Crippen LogP contribution < -0.4 is 10.1 Å². The lowest BCUT2D eigenvalue weighted by Gasteiger charge is -2.44. The van der Waals surface area contributed by atoms with Crippen molar-refractivity contribution in [2.75, 3.05) is 33.3 Å². The van der Waals surface area contributed by atoms with E-state index in [0.717, 1.165) is 35.1 Å². The molecule has 2 aliphatic heterocycles. The Labute approximate surface area is 251 Å². The zero-order valence-electron chi connectivity index (χ0n) is 23.4. The second-order valence-corrected chi connectivity index (χ2v) is 11.7. The summed E-state index contributed by atoms with van der Waals surface area (Å²) in [7, 11) is 1.86. The number of piperazine rings is 1. The lowest BCUT2D eigenvalue weighted by atomic mass is 9.82. The number of halogens is 2. The smallest absolute Gasteiger partial charge is 0.251 e. The van der Waals surface area contributed by atoms with E-state index < -0.39 is 0 Å². The number of carbonyl (C=O) groups excluding carboxylic acids is 2. The molecule has 1 fully saturated rings. The Kier molecular flexibility index (Phi) is 9.33. The summed E-state index contributed by atoms with van der Waals surface area (Å²) >= 11 is 12.2. The Balaban J connectivity index is 1.34. The van der Waals surface area contributed by atoms with E-state index in [0.29, 0.717) is 48.5 Å². The van der Waals surface area contributed by atoms with Gasteiger partial charge < -0.3 is 19.9 Å². The van der Waals surface area contributed by atoms with Gasteiger partial charge in [0.05, 0.1) is 12.6 Å². The molecule has 41 heavy (non-hydrogen) atoms. The first-order chi connectivity index (χ1) is 19.8. The summed E-state index contributed by atoms with van der Waals surface area (Å²) in [6.45, 7) is 3.84. The lowest BCUT2D eigenvalue weighted by molar-refractivity contribution is -0.132. The number of fused-ring (bicyclic) bond motifs is 2. The highest BCUT2D eigenvalue weighted by atomic mass is 35.5. The Morgan fingerprint density at radius 1 is 0.951 bits per heavy atom. The first-order valence-electron chi connectivity index (χ1n) is 14.0. The molecule has 5 rings (SSSR count). The molecule has 0 unspecified atom stereocenters. The maximum absolute atomic E-state index is 14.0. The van der Waals surface area contributed by atoms with E-state index in [4.69, 9.17) is 27.9 Å². The molecular weight excluding hydrogens is 557 g/mol. The summed E-state index contributed by atoms with van der Waals surface area (Å²) in [5, 5.41) is 4.71. The van der Waals surface area contributed by atoms with E-state index >= 15 is 0 Å². The molecule has 214 valence electrons. The van der Waals surface area contributed by atoms with Gasteiger partial charge in [0.25, 0.3) is 5.91 Å². The fraction of sp³-hybridized carbons (Fsp3) is 0.333. The third-order valence-electron chi connectivity index (χ3n) is 7.80. The summed E-state index contributed by atoms with van der Waals surface area (Å²) in [5.74, 6) is 0.695. The van der Waals surface area contributed by atoms with Crippen molar-refractivity contribution in [1.82, 2.24) is 15.1 Å². The molecule has 2 atom stereocenters. The van der Waals surface area contributed by atoms with Crippen molar-refractivity contribution in [2.45, 2.75) is 38.3 Å². The summed E-state index contributed by atoms with van der Waals surface area (Å²) in [5.41, 5.74) is 5.20. The normalized spacial score (nSPS) is 18.3. The predicted molar refractivity (Wildman–Crippen MR) is 164 cm³/mol. The van der Waals surface area contributed by atoms with Crippen LogP contribution in [0.1, 0.15) is 30.0 Å². The van der Waals surface area contributed by atoms with Crippen molar-refractivity contribution < 1.29 is 14.3 Å². The molecule has 3 aromatic carbocycles. The number of hydrogen-bond donors (Lipinski definition) is 1. The van der Waals surface area contributed by atoms with Crippen molar-refractivity contribution in [3.05, 3.63) is 105 Å². The van der Waals surface area contributed by atoms with Crippen LogP contribution in [0.15, 0.2) is 78.4 Å². The van der Waals surface area contributed by atoms with Gasteiger partial charge in [-0.1, -0.05) is 77.8 Å². The van der Waals surface area contributed by atoms with Crippen LogP contribution in [0.2, 0.25) is 10.0 Å². The summed E-state index contributed by atoms with van der Waals surface area (Å²) in [4.78, 5) is 29.9. The molecule has 0 aromatic heterocycles. The van der Waals surface area contributed by atoms with Gasteiger partial charge in [0.2, 0.25) is 5.91 Å². The highest BCUT2D eigenvalue weighted by Gasteiger charge is 2.39. The van der Waals surface area contributed by atoms with Crippen molar-refractivity contribution in [2.24, 2.45) is 0 Å². The molecule has 0 spiro atoms. The summed E-state index contributed by atoms with van der Waals surface area (Å²) in [6, 6.07) is 23.7. The third-order valence-corrected chi connectivity index (χ3v) is 8.24. The lowest BCUT2D eigenvalue weighted by Crippen LogP contribution is -2.61. The second-order valence-electron chi connectivity index (χ2n) is 10.8. The zero-order valence-corrected chi connectivity index (χ0v) is 24.9. The second kappa shape index (κ2) is 13.1. The van der Waals surface area contributed by atoms with Crippen LogP contribution >= 0.6 is 23.2 Å². The van der Waals surface area contributed by atoms with Crippen LogP contribution in [0.25, 0.3) is 5.57 Å². The fourth-order valence-corrected chi connectivity index (χ4v) is 6.15. The number of likely N-dealkylation sites (N-methyl/N-ethyl adjacent to an activating group) is 1. The minimum Gasteiger partial charge on any atom is -0.493 e. The number of nitrogens with zero attached hydrogens (tertiary/aromatic N) is 2. The number of carbonyl (C=O) groups is 2. The highest BCUT2D eigenvalue weighted by Crippen LogP contribution is 2.34. The van der Waals surface area contributed by atoms with Crippen LogP contribution in [0.3, 0.4) is 0 Å². The first kappa shape index (κ1) is 29.2. The molecule has 0 aliphatic carbocycles. The van der Waals surface area contributed by atoms with Gasteiger partial charge in [0, 0.05) is 61.7 Å². The fourth-order valence-electron chi connectivity index (χ4n) is 5.64. The molecule has 2 bridgehead atoms. The van der Waals surface area contributed by atoms with Gasteiger partial charge in [-0.15, -0.1) is 0 Å². The highest BCUT2D eigenvalue weighted by molar-refractivity contribution is 6.34. The molecule has 6 nitrogen and oxygen atoms in total. The molecule has 2 heterocycles. The number of hydrogen-bond acceptors (Lipinski definition) is 4. The Morgan fingerprint density at radius 2 is 1.63 bits per heavy atom. The standard InChI is InChI=1S/C33H35Cl2N3O3/c1-22(39)38-20-28-19-30(25-10-8-24(9-11-25)13-15-41-29-17-26(34)16-27(35)18-29)32(31(21-38)36-28)33(40)37(2)14-12-23-6-4-3-5-7-23/h3-11,16-18,28,31,36H,12-15,19-21H2,1-2H3/t28-,31-/m1/s1. The monoisotopic (exact) mass is 591 g/mol. The van der Waals surface area contributed by atoms with Crippen LogP contribution in [0.5, 0.6) is 5.75 Å². The Bertz CT molecular complexity index is 1410. The van der Waals surface area contributed by atoms with Gasteiger partial charge in [0.15, 0.2) is 0 Å². The van der Waals surface area contributed by atoms with Crippen LogP contribution in [-0.2, 0) is 22.4 Å². The molecule has 0 saturated carbocycles. The zero-order chi connectivity index (χ0) is 28.9. The maximum atomic E-state index is 14.0. The molecule has 2 amide bonds. The SMILES string of the molecule is CC(=O)N1C[C@H]2CC(c3ccc(CCOc4cc(Cl)cc(Cl)c4)cc3)=C(C(=O)N(C)CCc3ccccc3)[C@@H](C1)N2. The molecule has 3 aromatic rings. The molecular formula is C33H35Cl2N3O3. The molecule has 1 saturated heterocycles. The number of amides is 2. The number of benzene rings is 3. The molecule has 8 heteroatoms. The van der Waals surface area contributed by atoms with Gasteiger partial charge in [-0.05, 0) is 53.3 Å². The summed E-state index contributed by atoms with van der Waals surface area (Å²) < 4.78 is 5.86. The van der Waals surface area contributed by atoms with Gasteiger partial charge in [-0.3, -0.25) is 9.59 Å². The number of ether oxygens (including phenoxy) is 1. The van der Waals surface area contributed by atoms with Crippen molar-refractivity contribution >= 4 is 40.6 Å². The van der Waals surface area contributed by atoms with Crippen LogP contribution in [-0.4, -0.2) is 67.0 Å². The van der Waals surface area contributed by atoms with E-state index in [1.165, 1.54) is 5.56 Å². The van der Waals surface area contributed by atoms with Gasteiger partial charge in [0.1, 0.15) is 5.75 Å². The average molecular weight is 593 g/mol. The van der Waals surface area contributed by atoms with E-state index in [1.807, 2.05) is 35.0 Å². The van der Waals surface area contributed by atoms with E-state index in [1.54, 1.807) is 25.1 Å². The average Bonchev–Trinajstić information content (AvgIpc) is 2.95. The van der Waals surface area contributed by atoms with Crippen LogP contribution in [0.4, 0.5) is 0 Å². The molecule has 0 radical (unpaired) electrons. The minimum absolute atomic E-state index is 0.00921. The van der Waals surface area contributed by atoms with Crippen molar-refractivity contribution in [1.29, 1.82) is 0 Å². The van der Waals surface area contributed by atoms with Crippen LogP contribution in [0, 0.1) is 0 Å². The van der Waals surface area contributed by atoms with Gasteiger partial charge in [-0.25, -0.2) is 0 Å². The largest absolute Gasteiger partial charge is 0.493 e. The van der Waals surface area contributed by atoms with Crippen molar-refractivity contribution in [3.63, 3.8) is 0 Å². The van der Waals surface area contributed by atoms with E-state index in [2.05, 4.69) is 41.7 Å². The topological polar surface area (TPSA) is 61.9 Å². The predicted octanol–water partition coefficient (Wildman–Crippen LogP) is 5.66. The molecule has 1 N–H and O–H groups in total. The number of rotatable bonds is 9. The van der Waals surface area contributed by atoms with Crippen molar-refractivity contribution in [3.8, 4) is 5.75 Å². The van der Waals surface area contributed by atoms with Gasteiger partial charge in [-0.2, -0.15) is 0 Å². The van der Waals surface area contributed by atoms with E-state index in [-0.39, 0.29) is 23.9 Å². The summed E-state index contributed by atoms with van der Waals surface area (Å²) in [6.07, 6.45) is 2.19. The Hall–Kier alpha value is -3.32. The number of nitrogens with one attached hydrogen (secondary N) is 1. The van der Waals surface area contributed by atoms with E-state index in [9.17, 15) is 9.59 Å².